The predicted molar refractivity (Wildman–Crippen MR) is 126 cm³/mol. The van der Waals surface area contributed by atoms with Crippen molar-refractivity contribution in [3.8, 4) is 11.4 Å². The smallest absolute Gasteiger partial charge is 0.248 e. The van der Waals surface area contributed by atoms with Crippen LogP contribution in [0.15, 0.2) is 65.1 Å². The molecular formula is C22H20N6O2S2. The van der Waals surface area contributed by atoms with Crippen LogP contribution in [0.5, 0.6) is 5.75 Å². The average Bonchev–Trinajstić information content (AvgIpc) is 3.45. The van der Waals surface area contributed by atoms with Crippen LogP contribution in [0.25, 0.3) is 11.8 Å². The summed E-state index contributed by atoms with van der Waals surface area (Å²) in [5.41, 5.74) is 3.10. The number of thioether (sulfide) groups is 1. The SMILES string of the molecule is CSc1nnnn1-c1cccc(NC(=O)/C=C/c2ccccc2OCc2csc(C)n2)c1. The van der Waals surface area contributed by atoms with Gasteiger partial charge in [0.1, 0.15) is 12.4 Å². The first kappa shape index (κ1) is 21.7. The summed E-state index contributed by atoms with van der Waals surface area (Å²) in [5, 5.41) is 18.2. The number of thiazole rings is 1. The van der Waals surface area contributed by atoms with E-state index in [9.17, 15) is 4.79 Å². The normalized spacial score (nSPS) is 11.1. The molecule has 0 atom stereocenters. The van der Waals surface area contributed by atoms with Crippen molar-refractivity contribution in [1.29, 1.82) is 0 Å². The van der Waals surface area contributed by atoms with Gasteiger partial charge in [0, 0.05) is 22.7 Å². The highest BCUT2D eigenvalue weighted by atomic mass is 32.2. The number of anilines is 1. The van der Waals surface area contributed by atoms with E-state index in [2.05, 4.69) is 25.8 Å². The van der Waals surface area contributed by atoms with Gasteiger partial charge in [-0.1, -0.05) is 36.0 Å². The van der Waals surface area contributed by atoms with Crippen LogP contribution >= 0.6 is 23.1 Å². The Labute approximate surface area is 193 Å². The van der Waals surface area contributed by atoms with Crippen LogP contribution in [0.2, 0.25) is 0 Å². The molecule has 0 bridgehead atoms. The van der Waals surface area contributed by atoms with Crippen LogP contribution in [-0.2, 0) is 11.4 Å². The van der Waals surface area contributed by atoms with Crippen LogP contribution in [0.4, 0.5) is 5.69 Å². The first-order valence-corrected chi connectivity index (χ1v) is 11.8. The molecule has 0 radical (unpaired) electrons. The number of nitrogens with zero attached hydrogens (tertiary/aromatic N) is 5. The number of aromatic nitrogens is 5. The van der Waals surface area contributed by atoms with Crippen molar-refractivity contribution >= 4 is 40.8 Å². The lowest BCUT2D eigenvalue weighted by Gasteiger charge is -2.08. The number of tetrazole rings is 1. The number of hydrogen-bond acceptors (Lipinski definition) is 8. The summed E-state index contributed by atoms with van der Waals surface area (Å²) < 4.78 is 7.52. The fourth-order valence-corrected chi connectivity index (χ4v) is 3.94. The van der Waals surface area contributed by atoms with Gasteiger partial charge in [-0.3, -0.25) is 4.79 Å². The molecule has 162 valence electrons. The fraction of sp³-hybridized carbons (Fsp3) is 0.136. The Balaban J connectivity index is 1.42. The minimum atomic E-state index is -0.256. The van der Waals surface area contributed by atoms with E-state index in [1.165, 1.54) is 17.8 Å². The second kappa shape index (κ2) is 10.2. The van der Waals surface area contributed by atoms with E-state index in [1.54, 1.807) is 22.1 Å². The van der Waals surface area contributed by atoms with E-state index in [0.29, 0.717) is 23.2 Å². The van der Waals surface area contributed by atoms with Gasteiger partial charge < -0.3 is 10.1 Å². The zero-order valence-electron chi connectivity index (χ0n) is 17.4. The molecule has 4 rings (SSSR count). The van der Waals surface area contributed by atoms with Gasteiger partial charge in [0.2, 0.25) is 11.1 Å². The molecule has 2 heterocycles. The molecule has 0 saturated carbocycles. The van der Waals surface area contributed by atoms with Gasteiger partial charge in [0.15, 0.2) is 0 Å². The molecule has 2 aromatic heterocycles. The van der Waals surface area contributed by atoms with Gasteiger partial charge in [-0.15, -0.1) is 16.4 Å². The van der Waals surface area contributed by atoms with Gasteiger partial charge >= 0.3 is 0 Å². The highest BCUT2D eigenvalue weighted by molar-refractivity contribution is 7.98. The van der Waals surface area contributed by atoms with E-state index in [4.69, 9.17) is 4.74 Å². The van der Waals surface area contributed by atoms with Crippen molar-refractivity contribution in [1.82, 2.24) is 25.2 Å². The molecule has 0 fully saturated rings. The molecule has 8 nitrogen and oxygen atoms in total. The molecule has 0 aliphatic heterocycles. The number of rotatable bonds is 8. The molecular weight excluding hydrogens is 444 g/mol. The molecule has 0 saturated heterocycles. The molecule has 2 aromatic carbocycles. The molecule has 32 heavy (non-hydrogen) atoms. The number of amides is 1. The third-order valence-electron chi connectivity index (χ3n) is 4.36. The van der Waals surface area contributed by atoms with Gasteiger partial charge in [0.25, 0.3) is 0 Å². The summed E-state index contributed by atoms with van der Waals surface area (Å²) in [7, 11) is 0. The van der Waals surface area contributed by atoms with E-state index < -0.39 is 0 Å². The molecule has 1 amide bonds. The number of carbonyl (C=O) groups is 1. The molecule has 0 aliphatic rings. The minimum absolute atomic E-state index is 0.256. The maximum atomic E-state index is 12.5. The third-order valence-corrected chi connectivity index (χ3v) is 5.80. The van der Waals surface area contributed by atoms with Gasteiger partial charge in [-0.2, -0.15) is 4.68 Å². The Morgan fingerprint density at radius 1 is 1.25 bits per heavy atom. The van der Waals surface area contributed by atoms with Gasteiger partial charge in [-0.05, 0) is 53.9 Å². The summed E-state index contributed by atoms with van der Waals surface area (Å²) in [6, 6.07) is 14.9. The first-order chi connectivity index (χ1) is 15.6. The van der Waals surface area contributed by atoms with Gasteiger partial charge in [-0.25, -0.2) is 4.98 Å². The summed E-state index contributed by atoms with van der Waals surface area (Å²) >= 11 is 3.03. The predicted octanol–water partition coefficient (Wildman–Crippen LogP) is 4.38. The number of carbonyl (C=O) groups excluding carboxylic acids is 1. The monoisotopic (exact) mass is 464 g/mol. The Bertz CT molecular complexity index is 1250. The number of hydrogen-bond donors (Lipinski definition) is 1. The van der Waals surface area contributed by atoms with Crippen molar-refractivity contribution in [2.45, 2.75) is 18.7 Å². The lowest BCUT2D eigenvalue weighted by atomic mass is 10.2. The maximum absolute atomic E-state index is 12.5. The minimum Gasteiger partial charge on any atom is -0.487 e. The molecule has 1 N–H and O–H groups in total. The molecule has 0 aliphatic carbocycles. The largest absolute Gasteiger partial charge is 0.487 e. The molecule has 4 aromatic rings. The van der Waals surface area contributed by atoms with Crippen LogP contribution < -0.4 is 10.1 Å². The molecule has 0 spiro atoms. The fourth-order valence-electron chi connectivity index (χ4n) is 2.91. The van der Waals surface area contributed by atoms with E-state index in [1.807, 2.05) is 67.1 Å². The number of para-hydroxylation sites is 1. The number of aryl methyl sites for hydroxylation is 1. The summed E-state index contributed by atoms with van der Waals surface area (Å²) in [5.74, 6) is 0.432. The molecule has 0 unspecified atom stereocenters. The van der Waals surface area contributed by atoms with Crippen molar-refractivity contribution in [3.63, 3.8) is 0 Å². The van der Waals surface area contributed by atoms with Crippen LogP contribution in [0.3, 0.4) is 0 Å². The standard InChI is InChI=1S/C22H20N6O2S2/c1-15-23-18(14-32-15)13-30-20-9-4-3-6-16(20)10-11-21(29)24-17-7-5-8-19(12-17)28-22(31-2)25-26-27-28/h3-12,14H,13H2,1-2H3,(H,24,29)/b11-10+. The second-order valence-corrected chi connectivity index (χ2v) is 8.47. The lowest BCUT2D eigenvalue weighted by Crippen LogP contribution is -2.08. The second-order valence-electron chi connectivity index (χ2n) is 6.63. The zero-order chi connectivity index (χ0) is 22.3. The van der Waals surface area contributed by atoms with Crippen molar-refractivity contribution in [3.05, 3.63) is 76.3 Å². The van der Waals surface area contributed by atoms with E-state index in [0.717, 1.165) is 22.0 Å². The van der Waals surface area contributed by atoms with Crippen molar-refractivity contribution in [2.75, 3.05) is 11.6 Å². The highest BCUT2D eigenvalue weighted by Gasteiger charge is 2.08. The topological polar surface area (TPSA) is 94.8 Å². The Kier molecular flexibility index (Phi) is 6.93. The van der Waals surface area contributed by atoms with Crippen LogP contribution in [-0.4, -0.2) is 37.4 Å². The average molecular weight is 465 g/mol. The van der Waals surface area contributed by atoms with Crippen molar-refractivity contribution < 1.29 is 9.53 Å². The maximum Gasteiger partial charge on any atom is 0.248 e. The Morgan fingerprint density at radius 2 is 2.12 bits per heavy atom. The first-order valence-electron chi connectivity index (χ1n) is 9.67. The van der Waals surface area contributed by atoms with E-state index in [-0.39, 0.29) is 5.91 Å². The van der Waals surface area contributed by atoms with Crippen LogP contribution in [0.1, 0.15) is 16.3 Å². The summed E-state index contributed by atoms with van der Waals surface area (Å²) in [4.78, 5) is 16.9. The van der Waals surface area contributed by atoms with Crippen molar-refractivity contribution in [2.24, 2.45) is 0 Å². The van der Waals surface area contributed by atoms with Crippen LogP contribution in [0, 0.1) is 6.92 Å². The third kappa shape index (κ3) is 5.40. The van der Waals surface area contributed by atoms with E-state index >= 15 is 0 Å². The summed E-state index contributed by atoms with van der Waals surface area (Å²) in [6.45, 7) is 2.34. The lowest BCUT2D eigenvalue weighted by molar-refractivity contribution is -0.111. The Hall–Kier alpha value is -3.50. The quantitative estimate of drug-likeness (QED) is 0.305. The number of nitrogens with one attached hydrogen (secondary N) is 1. The number of benzene rings is 2. The number of ether oxygens (including phenoxy) is 1. The Morgan fingerprint density at radius 3 is 2.94 bits per heavy atom. The molecule has 10 heteroatoms. The summed E-state index contributed by atoms with van der Waals surface area (Å²) in [6.07, 6.45) is 5.11. The zero-order valence-corrected chi connectivity index (χ0v) is 19.1. The van der Waals surface area contributed by atoms with Gasteiger partial charge in [0.05, 0.1) is 16.4 Å². The highest BCUT2D eigenvalue weighted by Crippen LogP contribution is 2.22.